The Hall–Kier alpha value is -1.92. The summed E-state index contributed by atoms with van der Waals surface area (Å²) in [5.41, 5.74) is 0.648. The maximum absolute atomic E-state index is 13.9. The van der Waals surface area contributed by atoms with Crippen LogP contribution < -0.4 is 10.2 Å². The van der Waals surface area contributed by atoms with E-state index in [2.05, 4.69) is 21.7 Å². The summed E-state index contributed by atoms with van der Waals surface area (Å²) in [5.74, 6) is -0.119. The van der Waals surface area contributed by atoms with Crippen molar-refractivity contribution in [1.29, 1.82) is 0 Å². The van der Waals surface area contributed by atoms with Gasteiger partial charge in [-0.1, -0.05) is 18.2 Å². The van der Waals surface area contributed by atoms with E-state index < -0.39 is 0 Å². The Kier molecular flexibility index (Phi) is 6.04. The average Bonchev–Trinajstić information content (AvgIpc) is 3.15. The number of hydrogen-bond donors (Lipinski definition) is 1. The average molecular weight is 361 g/mol. The molecule has 3 rings (SSSR count). The molecule has 1 aromatic carbocycles. The summed E-state index contributed by atoms with van der Waals surface area (Å²) in [6.07, 6.45) is 0.872. The highest BCUT2D eigenvalue weighted by Crippen LogP contribution is 2.20. The van der Waals surface area contributed by atoms with Crippen LogP contribution in [0, 0.1) is 5.82 Å². The number of thiophene rings is 1. The summed E-state index contributed by atoms with van der Waals surface area (Å²) >= 11 is 1.71. The third-order valence-electron chi connectivity index (χ3n) is 4.69. The Balaban J connectivity index is 1.45. The topological polar surface area (TPSA) is 35.6 Å². The third kappa shape index (κ3) is 4.58. The highest BCUT2D eigenvalue weighted by molar-refractivity contribution is 7.09. The van der Waals surface area contributed by atoms with Gasteiger partial charge in [-0.25, -0.2) is 4.39 Å². The first-order valence-electron chi connectivity index (χ1n) is 8.69. The summed E-state index contributed by atoms with van der Waals surface area (Å²) in [4.78, 5) is 17.9. The molecule has 0 aliphatic carbocycles. The predicted octanol–water partition coefficient (Wildman–Crippen LogP) is 2.76. The van der Waals surface area contributed by atoms with Gasteiger partial charge in [0.1, 0.15) is 5.82 Å². The molecule has 0 bridgehead atoms. The van der Waals surface area contributed by atoms with E-state index >= 15 is 0 Å². The first-order chi connectivity index (χ1) is 12.1. The number of rotatable bonds is 6. The molecular weight excluding hydrogens is 337 g/mol. The molecule has 1 aliphatic rings. The van der Waals surface area contributed by atoms with Crippen LogP contribution in [0.15, 0.2) is 41.8 Å². The van der Waals surface area contributed by atoms with Crippen LogP contribution >= 0.6 is 11.3 Å². The summed E-state index contributed by atoms with van der Waals surface area (Å²) < 4.78 is 13.9. The van der Waals surface area contributed by atoms with Gasteiger partial charge in [-0.05, 0) is 36.9 Å². The fourth-order valence-electron chi connectivity index (χ4n) is 3.14. The van der Waals surface area contributed by atoms with Gasteiger partial charge in [0.15, 0.2) is 0 Å². The number of nitrogens with zero attached hydrogens (tertiary/aromatic N) is 2. The number of benzene rings is 1. The molecule has 0 saturated carbocycles. The van der Waals surface area contributed by atoms with E-state index in [0.717, 1.165) is 32.6 Å². The van der Waals surface area contributed by atoms with Crippen LogP contribution in [-0.2, 0) is 11.2 Å². The Labute approximate surface area is 152 Å². The highest BCUT2D eigenvalue weighted by atomic mass is 32.1. The maximum atomic E-state index is 13.9. The van der Waals surface area contributed by atoms with E-state index in [9.17, 15) is 9.18 Å². The lowest BCUT2D eigenvalue weighted by Crippen LogP contribution is -2.54. The Bertz CT molecular complexity index is 684. The van der Waals surface area contributed by atoms with E-state index in [1.165, 1.54) is 10.9 Å². The number of anilines is 1. The smallest absolute Gasteiger partial charge is 0.237 e. The van der Waals surface area contributed by atoms with Crippen molar-refractivity contribution < 1.29 is 9.18 Å². The second kappa shape index (κ2) is 8.45. The molecule has 6 heteroatoms. The number of hydrogen-bond acceptors (Lipinski definition) is 4. The van der Waals surface area contributed by atoms with Crippen LogP contribution in [0.25, 0.3) is 0 Å². The molecule has 134 valence electrons. The minimum absolute atomic E-state index is 0.0656. The number of nitrogens with one attached hydrogen (secondary N) is 1. The standard InChI is InChI=1S/C19H24FN3OS/c1-15(19(24)21-9-8-16-5-4-14-25-16)22-10-12-23(13-11-22)18-7-3-2-6-17(18)20/h2-7,14-15H,8-13H2,1H3,(H,21,24). The van der Waals surface area contributed by atoms with Crippen molar-refractivity contribution in [3.63, 3.8) is 0 Å². The lowest BCUT2D eigenvalue weighted by Gasteiger charge is -2.38. The van der Waals surface area contributed by atoms with Crippen molar-refractivity contribution in [2.24, 2.45) is 0 Å². The molecule has 1 aromatic heterocycles. The Morgan fingerprint density at radius 2 is 1.96 bits per heavy atom. The zero-order valence-electron chi connectivity index (χ0n) is 14.5. The molecule has 0 spiro atoms. The molecule has 1 atom stereocenters. The van der Waals surface area contributed by atoms with Crippen LogP contribution in [0.3, 0.4) is 0 Å². The SMILES string of the molecule is CC(C(=O)NCCc1cccs1)N1CCN(c2ccccc2F)CC1. The summed E-state index contributed by atoms with van der Waals surface area (Å²) in [6.45, 7) is 5.58. The molecule has 2 heterocycles. The minimum Gasteiger partial charge on any atom is -0.367 e. The van der Waals surface area contributed by atoms with Crippen LogP contribution in [-0.4, -0.2) is 49.6 Å². The van der Waals surface area contributed by atoms with Crippen LogP contribution in [0.2, 0.25) is 0 Å². The van der Waals surface area contributed by atoms with Gasteiger partial charge >= 0.3 is 0 Å². The number of carbonyl (C=O) groups excluding carboxylic acids is 1. The second-order valence-electron chi connectivity index (χ2n) is 6.27. The maximum Gasteiger partial charge on any atom is 0.237 e. The van der Waals surface area contributed by atoms with Gasteiger partial charge in [0.05, 0.1) is 11.7 Å². The molecule has 2 aromatic rings. The molecule has 1 unspecified atom stereocenters. The van der Waals surface area contributed by atoms with Gasteiger partial charge in [0.25, 0.3) is 0 Å². The van der Waals surface area contributed by atoms with Gasteiger partial charge in [-0.3, -0.25) is 9.69 Å². The zero-order valence-corrected chi connectivity index (χ0v) is 15.3. The summed E-state index contributed by atoms with van der Waals surface area (Å²) in [5, 5.41) is 5.07. The molecule has 0 radical (unpaired) electrons. The van der Waals surface area contributed by atoms with Gasteiger partial charge in [-0.2, -0.15) is 0 Å². The zero-order chi connectivity index (χ0) is 17.6. The van der Waals surface area contributed by atoms with Crippen molar-refractivity contribution >= 4 is 22.9 Å². The fourth-order valence-corrected chi connectivity index (χ4v) is 3.84. The minimum atomic E-state index is -0.185. The van der Waals surface area contributed by atoms with E-state index in [-0.39, 0.29) is 17.8 Å². The summed E-state index contributed by atoms with van der Waals surface area (Å²) in [7, 11) is 0. The molecule has 1 fully saturated rings. The van der Waals surface area contributed by atoms with Gasteiger partial charge in [-0.15, -0.1) is 11.3 Å². The number of amides is 1. The number of piperazine rings is 1. The van der Waals surface area contributed by atoms with Gasteiger partial charge in [0.2, 0.25) is 5.91 Å². The fraction of sp³-hybridized carbons (Fsp3) is 0.421. The van der Waals surface area contributed by atoms with Gasteiger partial charge in [0, 0.05) is 37.6 Å². The predicted molar refractivity (Wildman–Crippen MR) is 101 cm³/mol. The van der Waals surface area contributed by atoms with E-state index in [1.54, 1.807) is 17.4 Å². The quantitative estimate of drug-likeness (QED) is 0.859. The molecule has 1 amide bonds. The van der Waals surface area contributed by atoms with Crippen molar-refractivity contribution in [3.8, 4) is 0 Å². The van der Waals surface area contributed by atoms with E-state index in [1.807, 2.05) is 30.0 Å². The van der Waals surface area contributed by atoms with E-state index in [4.69, 9.17) is 0 Å². The van der Waals surface area contributed by atoms with Crippen molar-refractivity contribution in [1.82, 2.24) is 10.2 Å². The lowest BCUT2D eigenvalue weighted by molar-refractivity contribution is -0.125. The monoisotopic (exact) mass is 361 g/mol. The number of para-hydroxylation sites is 1. The molecule has 1 saturated heterocycles. The number of halogens is 1. The number of carbonyl (C=O) groups is 1. The van der Waals surface area contributed by atoms with E-state index in [0.29, 0.717) is 12.2 Å². The van der Waals surface area contributed by atoms with Gasteiger partial charge < -0.3 is 10.2 Å². The second-order valence-corrected chi connectivity index (χ2v) is 7.30. The molecule has 1 N–H and O–H groups in total. The van der Waals surface area contributed by atoms with Crippen LogP contribution in [0.1, 0.15) is 11.8 Å². The first-order valence-corrected chi connectivity index (χ1v) is 9.57. The van der Waals surface area contributed by atoms with Crippen LogP contribution in [0.4, 0.5) is 10.1 Å². The summed E-state index contributed by atoms with van der Waals surface area (Å²) in [6, 6.07) is 10.8. The lowest BCUT2D eigenvalue weighted by atomic mass is 10.2. The van der Waals surface area contributed by atoms with Crippen molar-refractivity contribution in [2.45, 2.75) is 19.4 Å². The third-order valence-corrected chi connectivity index (χ3v) is 5.62. The first kappa shape index (κ1) is 17.9. The van der Waals surface area contributed by atoms with Crippen molar-refractivity contribution in [3.05, 3.63) is 52.5 Å². The molecular formula is C19H24FN3OS. The molecule has 4 nitrogen and oxygen atoms in total. The Morgan fingerprint density at radius 3 is 2.64 bits per heavy atom. The molecule has 25 heavy (non-hydrogen) atoms. The van der Waals surface area contributed by atoms with Crippen LogP contribution in [0.5, 0.6) is 0 Å². The van der Waals surface area contributed by atoms with Crippen molar-refractivity contribution in [2.75, 3.05) is 37.6 Å². The largest absolute Gasteiger partial charge is 0.367 e. The Morgan fingerprint density at radius 1 is 1.20 bits per heavy atom. The normalized spacial score (nSPS) is 16.6. The molecule has 1 aliphatic heterocycles. The highest BCUT2D eigenvalue weighted by Gasteiger charge is 2.26.